The van der Waals surface area contributed by atoms with Gasteiger partial charge in [-0.1, -0.05) is 6.92 Å². The molecule has 13 heavy (non-hydrogen) atoms. The number of rotatable bonds is 6. The molecule has 0 fully saturated rings. The van der Waals surface area contributed by atoms with Crippen LogP contribution in [0.1, 0.15) is 27.2 Å². The van der Waals surface area contributed by atoms with Gasteiger partial charge in [0.05, 0.1) is 5.92 Å². The number of hydrogen-bond donors (Lipinski definition) is 1. The molecule has 0 aromatic rings. The van der Waals surface area contributed by atoms with Gasteiger partial charge in [-0.2, -0.15) is 0 Å². The quantitative estimate of drug-likeness (QED) is 0.673. The zero-order valence-corrected chi connectivity index (χ0v) is 9.26. The van der Waals surface area contributed by atoms with Crippen molar-refractivity contribution in [1.82, 2.24) is 10.2 Å². The Labute approximate surface area is 81.5 Å². The molecule has 0 saturated heterocycles. The van der Waals surface area contributed by atoms with Gasteiger partial charge >= 0.3 is 0 Å². The minimum absolute atomic E-state index is 0.143. The largest absolute Gasteiger partial charge is 0.343 e. The molecule has 0 radical (unpaired) electrons. The van der Waals surface area contributed by atoms with E-state index in [0.29, 0.717) is 0 Å². The minimum atomic E-state index is 0.143. The Balaban J connectivity index is 4.16. The first-order valence-electron chi connectivity index (χ1n) is 5.14. The highest BCUT2D eigenvalue weighted by atomic mass is 16.2. The van der Waals surface area contributed by atoms with Crippen LogP contribution in [0.3, 0.4) is 0 Å². The van der Waals surface area contributed by atoms with Crippen LogP contribution in [0.4, 0.5) is 0 Å². The van der Waals surface area contributed by atoms with Gasteiger partial charge in [0.1, 0.15) is 0 Å². The van der Waals surface area contributed by atoms with E-state index in [1.54, 1.807) is 0 Å². The summed E-state index contributed by atoms with van der Waals surface area (Å²) in [4.78, 5) is 13.7. The lowest BCUT2D eigenvalue weighted by Crippen LogP contribution is -2.39. The summed E-state index contributed by atoms with van der Waals surface area (Å²) in [5, 5.41) is 3.06. The van der Waals surface area contributed by atoms with Crippen molar-refractivity contribution in [2.75, 3.05) is 26.7 Å². The van der Waals surface area contributed by atoms with E-state index in [2.05, 4.69) is 12.2 Å². The second-order valence-electron chi connectivity index (χ2n) is 3.17. The maximum absolute atomic E-state index is 11.8. The lowest BCUT2D eigenvalue weighted by molar-refractivity contribution is -0.135. The van der Waals surface area contributed by atoms with E-state index in [-0.39, 0.29) is 11.8 Å². The van der Waals surface area contributed by atoms with Crippen molar-refractivity contribution >= 4 is 5.91 Å². The molecule has 1 amide bonds. The molecule has 0 saturated carbocycles. The minimum Gasteiger partial charge on any atom is -0.343 e. The van der Waals surface area contributed by atoms with E-state index < -0.39 is 0 Å². The fourth-order valence-electron chi connectivity index (χ4n) is 1.45. The Morgan fingerprint density at radius 2 is 1.85 bits per heavy atom. The lowest BCUT2D eigenvalue weighted by Gasteiger charge is -2.24. The summed E-state index contributed by atoms with van der Waals surface area (Å²) in [5.41, 5.74) is 0. The second kappa shape index (κ2) is 6.89. The average molecular weight is 186 g/mol. The summed E-state index contributed by atoms with van der Waals surface area (Å²) in [6.07, 6.45) is 0.913. The average Bonchev–Trinajstić information content (AvgIpc) is 2.15. The molecule has 0 aromatic carbocycles. The van der Waals surface area contributed by atoms with E-state index in [9.17, 15) is 4.79 Å². The van der Waals surface area contributed by atoms with Gasteiger partial charge < -0.3 is 10.2 Å². The van der Waals surface area contributed by atoms with E-state index in [4.69, 9.17) is 0 Å². The molecule has 0 heterocycles. The first-order valence-corrected chi connectivity index (χ1v) is 5.14. The molecule has 0 aliphatic heterocycles. The van der Waals surface area contributed by atoms with Gasteiger partial charge in [0.25, 0.3) is 0 Å². The number of nitrogens with one attached hydrogen (secondary N) is 1. The normalized spacial score (nSPS) is 12.6. The molecule has 78 valence electrons. The second-order valence-corrected chi connectivity index (χ2v) is 3.17. The van der Waals surface area contributed by atoms with E-state index in [1.807, 2.05) is 25.8 Å². The molecule has 0 aliphatic rings. The molecule has 0 bridgehead atoms. The Morgan fingerprint density at radius 1 is 1.31 bits per heavy atom. The summed E-state index contributed by atoms with van der Waals surface area (Å²) in [7, 11) is 1.89. The molecular formula is C10H22N2O. The molecule has 1 N–H and O–H groups in total. The molecule has 0 spiro atoms. The Hall–Kier alpha value is -0.570. The van der Waals surface area contributed by atoms with Crippen LogP contribution in [0, 0.1) is 5.92 Å². The fourth-order valence-corrected chi connectivity index (χ4v) is 1.45. The number of nitrogens with zero attached hydrogens (tertiary/aromatic N) is 1. The first-order chi connectivity index (χ1) is 6.21. The van der Waals surface area contributed by atoms with E-state index in [1.165, 1.54) is 0 Å². The highest BCUT2D eigenvalue weighted by Gasteiger charge is 2.19. The molecule has 0 aliphatic carbocycles. The van der Waals surface area contributed by atoms with Crippen molar-refractivity contribution in [3.63, 3.8) is 0 Å². The van der Waals surface area contributed by atoms with Gasteiger partial charge in [-0.05, 0) is 27.3 Å². The zero-order chi connectivity index (χ0) is 10.3. The summed E-state index contributed by atoms with van der Waals surface area (Å²) < 4.78 is 0. The molecule has 1 unspecified atom stereocenters. The van der Waals surface area contributed by atoms with Gasteiger partial charge in [0.15, 0.2) is 0 Å². The predicted molar refractivity (Wildman–Crippen MR) is 55.6 cm³/mol. The van der Waals surface area contributed by atoms with Crippen molar-refractivity contribution in [1.29, 1.82) is 0 Å². The van der Waals surface area contributed by atoms with Gasteiger partial charge in [-0.15, -0.1) is 0 Å². The van der Waals surface area contributed by atoms with Gasteiger partial charge in [0, 0.05) is 19.6 Å². The van der Waals surface area contributed by atoms with Gasteiger partial charge in [0.2, 0.25) is 5.91 Å². The van der Waals surface area contributed by atoms with Crippen molar-refractivity contribution in [2.24, 2.45) is 5.92 Å². The standard InChI is InChI=1S/C10H22N2O/c1-5-9(8-11-4)10(13)12(6-2)7-3/h9,11H,5-8H2,1-4H3. The Bertz CT molecular complexity index is 144. The van der Waals surface area contributed by atoms with Gasteiger partial charge in [-0.3, -0.25) is 4.79 Å². The van der Waals surface area contributed by atoms with Crippen LogP contribution in [0.5, 0.6) is 0 Å². The molecule has 1 atom stereocenters. The molecule has 0 rings (SSSR count). The smallest absolute Gasteiger partial charge is 0.226 e. The SMILES string of the molecule is CCC(CNC)C(=O)N(CC)CC. The zero-order valence-electron chi connectivity index (χ0n) is 9.26. The number of carbonyl (C=O) groups is 1. The number of amides is 1. The van der Waals surface area contributed by atoms with Crippen molar-refractivity contribution in [2.45, 2.75) is 27.2 Å². The van der Waals surface area contributed by atoms with E-state index >= 15 is 0 Å². The van der Waals surface area contributed by atoms with Crippen molar-refractivity contribution < 1.29 is 4.79 Å². The summed E-state index contributed by atoms with van der Waals surface area (Å²) >= 11 is 0. The fraction of sp³-hybridized carbons (Fsp3) is 0.900. The summed E-state index contributed by atoms with van der Waals surface area (Å²) in [6.45, 7) is 8.52. The van der Waals surface area contributed by atoms with Crippen molar-refractivity contribution in [3.8, 4) is 0 Å². The van der Waals surface area contributed by atoms with Crippen LogP contribution < -0.4 is 5.32 Å². The number of hydrogen-bond acceptors (Lipinski definition) is 2. The van der Waals surface area contributed by atoms with E-state index in [0.717, 1.165) is 26.1 Å². The molecule has 0 aromatic heterocycles. The third kappa shape index (κ3) is 3.77. The summed E-state index contributed by atoms with van der Waals surface area (Å²) in [6, 6.07) is 0. The third-order valence-electron chi connectivity index (χ3n) is 2.37. The third-order valence-corrected chi connectivity index (χ3v) is 2.37. The maximum Gasteiger partial charge on any atom is 0.226 e. The molecular weight excluding hydrogens is 164 g/mol. The maximum atomic E-state index is 11.8. The first kappa shape index (κ1) is 12.4. The highest BCUT2D eigenvalue weighted by Crippen LogP contribution is 2.06. The van der Waals surface area contributed by atoms with Crippen LogP contribution in [0.25, 0.3) is 0 Å². The van der Waals surface area contributed by atoms with Crippen LogP contribution in [0.2, 0.25) is 0 Å². The lowest BCUT2D eigenvalue weighted by atomic mass is 10.1. The Kier molecular flexibility index (Phi) is 6.59. The predicted octanol–water partition coefficient (Wildman–Crippen LogP) is 1.10. The van der Waals surface area contributed by atoms with Crippen LogP contribution >= 0.6 is 0 Å². The summed E-state index contributed by atoms with van der Waals surface area (Å²) in [5.74, 6) is 0.423. The van der Waals surface area contributed by atoms with Crippen molar-refractivity contribution in [3.05, 3.63) is 0 Å². The highest BCUT2D eigenvalue weighted by molar-refractivity contribution is 5.78. The molecule has 3 nitrogen and oxygen atoms in total. The monoisotopic (exact) mass is 186 g/mol. The van der Waals surface area contributed by atoms with Crippen LogP contribution in [-0.2, 0) is 4.79 Å². The Morgan fingerprint density at radius 3 is 2.15 bits per heavy atom. The van der Waals surface area contributed by atoms with Crippen LogP contribution in [-0.4, -0.2) is 37.5 Å². The van der Waals surface area contributed by atoms with Crippen LogP contribution in [0.15, 0.2) is 0 Å². The van der Waals surface area contributed by atoms with Gasteiger partial charge in [-0.25, -0.2) is 0 Å². The topological polar surface area (TPSA) is 32.3 Å². The number of carbonyl (C=O) groups excluding carboxylic acids is 1. The molecule has 3 heteroatoms.